The monoisotopic (exact) mass is 438 g/mol. The zero-order valence-corrected chi connectivity index (χ0v) is 17.6. The Morgan fingerprint density at radius 1 is 0.906 bits per heavy atom. The van der Waals surface area contributed by atoms with Gasteiger partial charge < -0.3 is 9.15 Å². The summed E-state index contributed by atoms with van der Waals surface area (Å²) in [5.41, 5.74) is 3.71. The number of hydrogen-bond donors (Lipinski definition) is 0. The fraction of sp³-hybridized carbons (Fsp3) is 0.192. The molecule has 164 valence electrons. The van der Waals surface area contributed by atoms with Crippen molar-refractivity contribution in [3.05, 3.63) is 99.9 Å². The zero-order valence-electron chi connectivity index (χ0n) is 17.6. The van der Waals surface area contributed by atoms with E-state index >= 15 is 0 Å². The fourth-order valence-corrected chi connectivity index (χ4v) is 3.74. The van der Waals surface area contributed by atoms with Crippen molar-refractivity contribution in [3.63, 3.8) is 0 Å². The Hall–Kier alpha value is -3.54. The second-order valence-electron chi connectivity index (χ2n) is 7.88. The van der Waals surface area contributed by atoms with Crippen LogP contribution in [0.3, 0.4) is 0 Å². The van der Waals surface area contributed by atoms with Gasteiger partial charge in [0.25, 0.3) is 0 Å². The van der Waals surface area contributed by atoms with Crippen molar-refractivity contribution in [3.8, 4) is 16.9 Å². The molecule has 4 rings (SSSR count). The van der Waals surface area contributed by atoms with E-state index in [1.165, 1.54) is 29.8 Å². The van der Waals surface area contributed by atoms with E-state index in [-0.39, 0.29) is 5.75 Å². The second-order valence-corrected chi connectivity index (χ2v) is 7.88. The standard InChI is InChI=1S/C26H21F3O3/c1-16(2)18-9-7-17(8-10-18)15-22-21-5-3-4-6-23(21)31-25(30)24(22)19-11-13-20(14-12-19)32-26(27,28)29/h3-14,16H,15H2,1-2H3. The van der Waals surface area contributed by atoms with Gasteiger partial charge in [-0.1, -0.05) is 68.4 Å². The molecular formula is C26H21F3O3. The smallest absolute Gasteiger partial charge is 0.422 e. The summed E-state index contributed by atoms with van der Waals surface area (Å²) < 4.78 is 47.0. The van der Waals surface area contributed by atoms with Gasteiger partial charge in [0.2, 0.25) is 0 Å². The second kappa shape index (κ2) is 8.54. The van der Waals surface area contributed by atoms with E-state index in [9.17, 15) is 18.0 Å². The molecule has 0 atom stereocenters. The number of benzene rings is 3. The van der Waals surface area contributed by atoms with Crippen LogP contribution < -0.4 is 10.4 Å². The maximum atomic E-state index is 12.9. The van der Waals surface area contributed by atoms with Gasteiger partial charge in [0.05, 0.1) is 5.56 Å². The minimum Gasteiger partial charge on any atom is -0.422 e. The lowest BCUT2D eigenvalue weighted by Gasteiger charge is -2.14. The normalized spacial score (nSPS) is 11.8. The highest BCUT2D eigenvalue weighted by molar-refractivity contribution is 5.87. The fourth-order valence-electron chi connectivity index (χ4n) is 3.74. The van der Waals surface area contributed by atoms with E-state index in [0.717, 1.165) is 16.5 Å². The first-order valence-electron chi connectivity index (χ1n) is 10.2. The van der Waals surface area contributed by atoms with Crippen LogP contribution in [0.2, 0.25) is 0 Å². The predicted molar refractivity (Wildman–Crippen MR) is 118 cm³/mol. The van der Waals surface area contributed by atoms with E-state index in [0.29, 0.717) is 29.0 Å². The quantitative estimate of drug-likeness (QED) is 0.313. The van der Waals surface area contributed by atoms with E-state index in [4.69, 9.17) is 4.42 Å². The van der Waals surface area contributed by atoms with E-state index in [1.807, 2.05) is 24.3 Å². The van der Waals surface area contributed by atoms with Gasteiger partial charge in [-0.05, 0) is 52.8 Å². The molecule has 6 heteroatoms. The molecule has 0 amide bonds. The van der Waals surface area contributed by atoms with Crippen molar-refractivity contribution in [1.82, 2.24) is 0 Å². The van der Waals surface area contributed by atoms with Gasteiger partial charge in [0.15, 0.2) is 0 Å². The average Bonchev–Trinajstić information content (AvgIpc) is 2.74. The first kappa shape index (κ1) is 21.7. The highest BCUT2D eigenvalue weighted by atomic mass is 19.4. The summed E-state index contributed by atoms with van der Waals surface area (Å²) in [6.45, 7) is 4.24. The maximum Gasteiger partial charge on any atom is 0.573 e. The first-order chi connectivity index (χ1) is 15.2. The van der Waals surface area contributed by atoms with Crippen molar-refractivity contribution in [1.29, 1.82) is 0 Å². The lowest BCUT2D eigenvalue weighted by molar-refractivity contribution is -0.274. The van der Waals surface area contributed by atoms with Crippen molar-refractivity contribution in [2.75, 3.05) is 0 Å². The summed E-state index contributed by atoms with van der Waals surface area (Å²) in [6, 6.07) is 20.7. The highest BCUT2D eigenvalue weighted by Gasteiger charge is 2.31. The van der Waals surface area contributed by atoms with Gasteiger partial charge in [-0.25, -0.2) is 4.79 Å². The molecule has 4 aromatic rings. The van der Waals surface area contributed by atoms with Crippen LogP contribution in [-0.4, -0.2) is 6.36 Å². The van der Waals surface area contributed by atoms with E-state index < -0.39 is 12.0 Å². The van der Waals surface area contributed by atoms with E-state index in [2.05, 4.69) is 30.7 Å². The maximum absolute atomic E-state index is 12.9. The Morgan fingerprint density at radius 3 is 2.19 bits per heavy atom. The Bertz CT molecular complexity index is 1290. The predicted octanol–water partition coefficient (Wildman–Crippen LogP) is 7.07. The lowest BCUT2D eigenvalue weighted by Crippen LogP contribution is -2.17. The Kier molecular flexibility index (Phi) is 5.78. The SMILES string of the molecule is CC(C)c1ccc(Cc2c(-c3ccc(OC(F)(F)F)cc3)c(=O)oc3ccccc23)cc1. The van der Waals surface area contributed by atoms with Crippen LogP contribution in [0.25, 0.3) is 22.1 Å². The molecule has 1 aromatic heterocycles. The van der Waals surface area contributed by atoms with Crippen LogP contribution in [0.5, 0.6) is 5.75 Å². The number of fused-ring (bicyclic) bond motifs is 1. The zero-order chi connectivity index (χ0) is 22.9. The molecule has 0 radical (unpaired) electrons. The van der Waals surface area contributed by atoms with Crippen LogP contribution in [-0.2, 0) is 6.42 Å². The Morgan fingerprint density at radius 2 is 1.56 bits per heavy atom. The number of ether oxygens (including phenoxy) is 1. The summed E-state index contributed by atoms with van der Waals surface area (Å²) in [6.07, 6.45) is -4.31. The molecule has 0 aliphatic heterocycles. The summed E-state index contributed by atoms with van der Waals surface area (Å²) in [5.74, 6) is 0.0545. The molecule has 1 heterocycles. The molecule has 3 aromatic carbocycles. The molecule has 0 fully saturated rings. The van der Waals surface area contributed by atoms with Gasteiger partial charge >= 0.3 is 12.0 Å². The van der Waals surface area contributed by atoms with Crippen LogP contribution in [0, 0.1) is 0 Å². The van der Waals surface area contributed by atoms with Gasteiger partial charge in [0.1, 0.15) is 11.3 Å². The number of para-hydroxylation sites is 1. The third kappa shape index (κ3) is 4.69. The van der Waals surface area contributed by atoms with Crippen molar-refractivity contribution in [2.24, 2.45) is 0 Å². The number of rotatable bonds is 5. The van der Waals surface area contributed by atoms with Crippen LogP contribution >= 0.6 is 0 Å². The number of hydrogen-bond acceptors (Lipinski definition) is 3. The van der Waals surface area contributed by atoms with Gasteiger partial charge in [-0.3, -0.25) is 0 Å². The first-order valence-corrected chi connectivity index (χ1v) is 10.2. The third-order valence-electron chi connectivity index (χ3n) is 5.32. The summed E-state index contributed by atoms with van der Waals surface area (Å²) >= 11 is 0. The molecule has 32 heavy (non-hydrogen) atoms. The van der Waals surface area contributed by atoms with E-state index in [1.54, 1.807) is 12.1 Å². The van der Waals surface area contributed by atoms with Crippen molar-refractivity contribution in [2.45, 2.75) is 32.5 Å². The number of alkyl halides is 3. The van der Waals surface area contributed by atoms with Gasteiger partial charge in [-0.15, -0.1) is 13.2 Å². The summed E-state index contributed by atoms with van der Waals surface area (Å²) in [5, 5.41) is 0.783. The van der Waals surface area contributed by atoms with Crippen LogP contribution in [0.15, 0.2) is 82.0 Å². The topological polar surface area (TPSA) is 39.4 Å². The molecule has 0 spiro atoms. The molecule has 0 aliphatic rings. The largest absolute Gasteiger partial charge is 0.573 e. The Labute approximate surface area is 183 Å². The van der Waals surface area contributed by atoms with Crippen molar-refractivity contribution >= 4 is 11.0 Å². The molecule has 0 bridgehead atoms. The highest BCUT2D eigenvalue weighted by Crippen LogP contribution is 2.32. The number of halogens is 3. The third-order valence-corrected chi connectivity index (χ3v) is 5.32. The minimum absolute atomic E-state index is 0.329. The molecule has 3 nitrogen and oxygen atoms in total. The minimum atomic E-state index is -4.78. The van der Waals surface area contributed by atoms with Gasteiger partial charge in [-0.2, -0.15) is 0 Å². The summed E-state index contributed by atoms with van der Waals surface area (Å²) in [7, 11) is 0. The molecule has 0 saturated heterocycles. The molecular weight excluding hydrogens is 417 g/mol. The molecule has 0 saturated carbocycles. The lowest BCUT2D eigenvalue weighted by atomic mass is 9.92. The van der Waals surface area contributed by atoms with Crippen molar-refractivity contribution < 1.29 is 22.3 Å². The summed E-state index contributed by atoms with van der Waals surface area (Å²) in [4.78, 5) is 12.9. The molecule has 0 unspecified atom stereocenters. The molecule has 0 N–H and O–H groups in total. The van der Waals surface area contributed by atoms with Gasteiger partial charge in [0, 0.05) is 5.39 Å². The Balaban J connectivity index is 1.82. The van der Waals surface area contributed by atoms with Crippen LogP contribution in [0.1, 0.15) is 36.5 Å². The molecule has 0 aliphatic carbocycles. The average molecular weight is 438 g/mol. The van der Waals surface area contributed by atoms with Crippen LogP contribution in [0.4, 0.5) is 13.2 Å².